The van der Waals surface area contributed by atoms with Crippen molar-refractivity contribution in [1.29, 1.82) is 0 Å². The topological polar surface area (TPSA) is 505 Å². The Bertz CT molecular complexity index is 7420. The van der Waals surface area contributed by atoms with Crippen LogP contribution in [0, 0.1) is 36.2 Å². The second-order valence-electron chi connectivity index (χ2n) is 32.1. The maximum atomic E-state index is 14.0. The van der Waals surface area contributed by atoms with Crippen molar-refractivity contribution in [2.45, 2.75) is 45.9 Å². The van der Waals surface area contributed by atoms with Gasteiger partial charge >= 0.3 is 29.6 Å². The Kier molecular flexibility index (Phi) is 34.4. The molecule has 15 aromatic rings. The van der Waals surface area contributed by atoms with Crippen LogP contribution in [-0.4, -0.2) is 266 Å². The highest BCUT2D eigenvalue weighted by Crippen LogP contribution is 2.44. The molecule has 8 heterocycles. The number of anilines is 8. The minimum Gasteiger partial charge on any atom is -0.494 e. The average molecular weight is 2000 g/mol. The van der Waals surface area contributed by atoms with Crippen LogP contribution >= 0.6 is 0 Å². The zero-order chi connectivity index (χ0) is 104. The molecule has 47 heteroatoms. The Morgan fingerprint density at radius 3 is 0.972 bits per heavy atom. The van der Waals surface area contributed by atoms with E-state index in [0.717, 1.165) is 62.0 Å². The van der Waals surface area contributed by atoms with E-state index in [9.17, 15) is 62.3 Å². The van der Waals surface area contributed by atoms with Gasteiger partial charge in [-0.05, 0) is 87.1 Å². The molecule has 0 radical (unpaired) electrons. The third-order valence-corrected chi connectivity index (χ3v) is 22.7. The maximum absolute atomic E-state index is 14.0. The van der Waals surface area contributed by atoms with Crippen molar-refractivity contribution in [2.75, 3.05) is 170 Å². The Morgan fingerprint density at radius 1 is 0.410 bits per heavy atom. The fourth-order valence-corrected chi connectivity index (χ4v) is 15.5. The molecule has 0 atom stereocenters. The monoisotopic (exact) mass is 2000 g/mol. The number of hydrogen-bond donors (Lipinski definition) is 3. The molecule has 8 aromatic heterocycles. The molecule has 0 bridgehead atoms. The van der Waals surface area contributed by atoms with Gasteiger partial charge in [0.05, 0.1) is 149 Å². The Hall–Kier alpha value is -17.5. The number of sulfone groups is 1. The number of methoxy groups -OCH3 is 3. The van der Waals surface area contributed by atoms with Crippen LogP contribution in [0.5, 0.6) is 17.2 Å². The molecule has 15 rings (SSSR count). The van der Waals surface area contributed by atoms with Crippen LogP contribution in [-0.2, 0) is 28.8 Å². The normalized spacial score (nSPS) is 11.1. The van der Waals surface area contributed by atoms with Gasteiger partial charge in [-0.1, -0.05) is 72.8 Å². The molecule has 0 saturated carbocycles. The Labute approximate surface area is 824 Å². The molecular weight excluding hydrogens is 1890 g/mol. The van der Waals surface area contributed by atoms with E-state index < -0.39 is 60.0 Å². The number of nitro groups is 3. The van der Waals surface area contributed by atoms with Gasteiger partial charge < -0.3 is 88.1 Å². The van der Waals surface area contributed by atoms with Crippen LogP contribution in [0.15, 0.2) is 188 Å². The lowest BCUT2D eigenvalue weighted by Crippen LogP contribution is -2.29. The van der Waals surface area contributed by atoms with Crippen LogP contribution in [0.2, 0.25) is 0 Å². The second kappa shape index (κ2) is 47.0. The number of hydrogen-bond acceptors (Lipinski definition) is 38. The molecule has 0 amide bonds. The fourth-order valence-electron chi connectivity index (χ4n) is 15.0. The molecule has 0 saturated heterocycles. The van der Waals surface area contributed by atoms with Gasteiger partial charge in [0.2, 0.25) is 38.7 Å². The van der Waals surface area contributed by atoms with E-state index in [1.165, 1.54) is 96.1 Å². The summed E-state index contributed by atoms with van der Waals surface area (Å²) in [7, 11) is 18.0. The van der Waals surface area contributed by atoms with E-state index in [-0.39, 0.29) is 117 Å². The van der Waals surface area contributed by atoms with E-state index in [4.69, 9.17) is 52.5 Å². The van der Waals surface area contributed by atoms with Crippen molar-refractivity contribution in [2.24, 2.45) is 0 Å². The zero-order valence-corrected chi connectivity index (χ0v) is 82.8. The van der Waals surface area contributed by atoms with E-state index in [0.29, 0.717) is 82.7 Å². The number of halogens is 1. The number of esters is 4. The van der Waals surface area contributed by atoms with E-state index in [2.05, 4.69) is 55.8 Å². The third kappa shape index (κ3) is 24.0. The standard InChI is InChI=1S/C29H35N7O6.C28H33N7O6.C23H20FN5O6.C17H17N3O5S/c1-18(2)42-28(37)20-16-30-29(32-27(20)21-17-35(41-7)23-11-9-8-10-19(21)23)31-22-14-25(36(38)39)24(15-26(22)40-6)34(5)13-12-33(3)4;1-7-41-27(36)19-16-29-28(31-26(19)20-17-34(40-6)22-11-9-8-10-18(20)22)30-21-14-24(35(37)38)23(15-25(21)39-5)33(4)13-12-32(2)3;1-4-35-22(30)14-11-25-23(26-17-10-19(29(31)32)16(24)9-20(17)33-2)27-21(14)15-12-28(34-3)18-8-6-5-7-13(15)18;1-4-25-16(21)12-9-18-17(26(3,22)23)19-15(12)13-10-20(24-2)14-8-6-5-7-11(13)14/h8-11,14-18H,12-13H2,1-7H3,(H,30,31,32);8-11,14-17H,7,12-13H2,1-6H3,(H,29,30,31);5-12H,4H2,1-3H3,(H,25,26,27);5-10H,4H2,1-3H3. The Morgan fingerprint density at radius 2 is 0.694 bits per heavy atom. The summed E-state index contributed by atoms with van der Waals surface area (Å²) < 4.78 is 81.3. The lowest BCUT2D eigenvalue weighted by Gasteiger charge is -2.22. The van der Waals surface area contributed by atoms with Crippen LogP contribution in [0.25, 0.3) is 88.6 Å². The predicted molar refractivity (Wildman–Crippen MR) is 536 cm³/mol. The summed E-state index contributed by atoms with van der Waals surface area (Å²) >= 11 is 0. The van der Waals surface area contributed by atoms with Gasteiger partial charge in [-0.2, -0.15) is 23.3 Å². The molecule has 144 heavy (non-hydrogen) atoms. The number of benzene rings is 7. The highest BCUT2D eigenvalue weighted by atomic mass is 32.2. The Balaban J connectivity index is 0.000000173. The van der Waals surface area contributed by atoms with Crippen molar-refractivity contribution < 1.29 is 99.3 Å². The van der Waals surface area contributed by atoms with Crippen LogP contribution in [0.4, 0.5) is 67.7 Å². The van der Waals surface area contributed by atoms with E-state index in [1.54, 1.807) is 105 Å². The summed E-state index contributed by atoms with van der Waals surface area (Å²) in [5.74, 6) is -2.56. The number of rotatable bonds is 37. The molecule has 0 aliphatic carbocycles. The number of fused-ring (bicyclic) bond motifs is 4. The molecule has 0 unspecified atom stereocenters. The number of ether oxygens (including phenoxy) is 7. The predicted octanol–water partition coefficient (Wildman–Crippen LogP) is 14.2. The molecule has 7 aromatic carbocycles. The molecule has 0 fully saturated rings. The van der Waals surface area contributed by atoms with Crippen molar-refractivity contribution in [3.05, 3.63) is 241 Å². The first kappa shape index (κ1) is 105. The van der Waals surface area contributed by atoms with Gasteiger partial charge in [0, 0.05) is 152 Å². The number of likely N-dealkylation sites (N-methyl/N-ethyl adjacent to an activating group) is 4. The van der Waals surface area contributed by atoms with Gasteiger partial charge in [0.1, 0.15) is 79.3 Å². The SMILES string of the molecule is CCOC(=O)c1cnc(Nc2cc([N+](=O)[O-])c(F)cc2OC)nc1-c1cn(OC)c2ccccc12.CCOC(=O)c1cnc(Nc2cc([N+](=O)[O-])c(N(C)CCN(C)C)cc2OC)nc1-c1cn(OC)c2ccccc12.CCOC(=O)c1cnc(S(C)(=O)=O)nc1-c1cn(OC)c2ccccc12.COc1cc(N(C)CCN(C)C)c([N+](=O)[O-])cc1Nc1ncc(C(=O)OC(C)C)c(-c2cn(OC)c3ccccc23)n1. The summed E-state index contributed by atoms with van der Waals surface area (Å²) in [6, 6.07) is 37.6. The fraction of sp³-hybridized carbons (Fsp3) is 0.278. The van der Waals surface area contributed by atoms with Crippen LogP contribution < -0.4 is 59.3 Å². The molecule has 0 spiro atoms. The van der Waals surface area contributed by atoms with Gasteiger partial charge in [-0.3, -0.25) is 30.3 Å². The van der Waals surface area contributed by atoms with Crippen LogP contribution in [0.3, 0.4) is 0 Å². The summed E-state index contributed by atoms with van der Waals surface area (Å²) in [5.41, 5.74) is 7.39. The van der Waals surface area contributed by atoms with Gasteiger partial charge in [-0.15, -0.1) is 0 Å². The van der Waals surface area contributed by atoms with E-state index >= 15 is 0 Å². The van der Waals surface area contributed by atoms with Gasteiger partial charge in [0.15, 0.2) is 0 Å². The minimum atomic E-state index is -3.65. The zero-order valence-electron chi connectivity index (χ0n) is 82.0. The molecule has 0 aliphatic heterocycles. The smallest absolute Gasteiger partial charge is 0.342 e. The highest BCUT2D eigenvalue weighted by molar-refractivity contribution is 7.90. The van der Waals surface area contributed by atoms with E-state index in [1.807, 2.05) is 135 Å². The lowest BCUT2D eigenvalue weighted by molar-refractivity contribution is -0.387. The largest absolute Gasteiger partial charge is 0.494 e. The summed E-state index contributed by atoms with van der Waals surface area (Å²) in [6.45, 7) is 11.6. The van der Waals surface area contributed by atoms with Crippen molar-refractivity contribution in [3.63, 3.8) is 0 Å². The molecule has 754 valence electrons. The first-order chi connectivity index (χ1) is 68.9. The number of aromatic nitrogens is 12. The number of nitrogens with zero attached hydrogens (tertiary/aromatic N) is 19. The first-order valence-corrected chi connectivity index (χ1v) is 46.1. The maximum Gasteiger partial charge on any atom is 0.342 e. The van der Waals surface area contributed by atoms with Crippen molar-refractivity contribution in [1.82, 2.24) is 68.6 Å². The first-order valence-electron chi connectivity index (χ1n) is 44.2. The summed E-state index contributed by atoms with van der Waals surface area (Å²) in [6.07, 6.45) is 12.6. The minimum absolute atomic E-state index is 0.00343. The molecule has 0 aliphatic rings. The van der Waals surface area contributed by atoms with Crippen LogP contribution in [0.1, 0.15) is 76.1 Å². The summed E-state index contributed by atoms with van der Waals surface area (Å²) in [4.78, 5) is 148. The number of para-hydroxylation sites is 4. The number of nitro benzene ring substituents is 3. The van der Waals surface area contributed by atoms with Gasteiger partial charge in [-0.25, -0.2) is 67.5 Å². The average Bonchev–Trinajstić information content (AvgIpc) is 1.62. The number of nitrogens with one attached hydrogen (secondary N) is 3. The van der Waals surface area contributed by atoms with Crippen molar-refractivity contribution in [3.8, 4) is 62.3 Å². The highest BCUT2D eigenvalue weighted by Gasteiger charge is 2.32. The second-order valence-corrected chi connectivity index (χ2v) is 34.0. The van der Waals surface area contributed by atoms with Gasteiger partial charge in [0.25, 0.3) is 11.4 Å². The number of carbonyl (C=O) groups excluding carboxylic acids is 4. The lowest BCUT2D eigenvalue weighted by atomic mass is 10.1. The van der Waals surface area contributed by atoms with Crippen molar-refractivity contribution >= 4 is 141 Å². The summed E-state index contributed by atoms with van der Waals surface area (Å²) in [5, 5.41) is 47.0. The quantitative estimate of drug-likeness (QED) is 0.0107. The third-order valence-electron chi connectivity index (χ3n) is 21.8. The molecule has 3 N–H and O–H groups in total. The number of carbonyl (C=O) groups is 4. The molecular formula is C97H105FN22O23S. The molecule has 45 nitrogen and oxygen atoms in total.